The van der Waals surface area contributed by atoms with Crippen LogP contribution in [0.5, 0.6) is 0 Å². The van der Waals surface area contributed by atoms with Crippen LogP contribution in [-0.4, -0.2) is 11.1 Å². The minimum absolute atomic E-state index is 0.803. The summed E-state index contributed by atoms with van der Waals surface area (Å²) in [6.45, 7) is 1.84. The molecule has 0 unspecified atom stereocenters. The monoisotopic (exact) mass is 298 g/mol. The van der Waals surface area contributed by atoms with Crippen molar-refractivity contribution in [3.8, 4) is 10.4 Å². The van der Waals surface area contributed by atoms with Crippen LogP contribution in [0.3, 0.4) is 0 Å². The zero-order valence-electron chi connectivity index (χ0n) is 12.1. The molecule has 0 bridgehead atoms. The number of hydrogen-bond donors (Lipinski definition) is 1. The number of thiophene rings is 1. The van der Waals surface area contributed by atoms with E-state index in [2.05, 4.69) is 24.3 Å². The second-order valence-corrected chi connectivity index (χ2v) is 6.60. The molecule has 3 heteroatoms. The van der Waals surface area contributed by atoms with Crippen LogP contribution in [0.4, 0.5) is 0 Å². The molecule has 0 aliphatic heterocycles. The van der Waals surface area contributed by atoms with Crippen LogP contribution in [0, 0.1) is 0 Å². The van der Waals surface area contributed by atoms with Gasteiger partial charge in [-0.3, -0.25) is 0 Å². The standard InChI is InChI=1S/C18H18O2S/c1-12(10-18(19)20)16-8-9-17(21-16)15-7-6-13-4-2-3-5-14(13)11-15/h6-11H,2-5H2,1H3,(H,19,20)/b12-10+. The Kier molecular flexibility index (Phi) is 3.93. The summed E-state index contributed by atoms with van der Waals surface area (Å²) in [4.78, 5) is 13.0. The van der Waals surface area contributed by atoms with Crippen LogP contribution < -0.4 is 0 Å². The van der Waals surface area contributed by atoms with Gasteiger partial charge in [0, 0.05) is 15.8 Å². The number of rotatable bonds is 3. The molecule has 1 heterocycles. The molecule has 1 aromatic carbocycles. The van der Waals surface area contributed by atoms with Gasteiger partial charge >= 0.3 is 5.97 Å². The highest BCUT2D eigenvalue weighted by Crippen LogP contribution is 2.34. The molecule has 0 saturated carbocycles. The van der Waals surface area contributed by atoms with Gasteiger partial charge in [-0.05, 0) is 67.0 Å². The minimum Gasteiger partial charge on any atom is -0.478 e. The zero-order valence-corrected chi connectivity index (χ0v) is 12.9. The second-order valence-electron chi connectivity index (χ2n) is 5.52. The van der Waals surface area contributed by atoms with E-state index in [-0.39, 0.29) is 0 Å². The van der Waals surface area contributed by atoms with E-state index < -0.39 is 5.97 Å². The smallest absolute Gasteiger partial charge is 0.328 e. The normalized spacial score (nSPS) is 14.8. The summed E-state index contributed by atoms with van der Waals surface area (Å²) >= 11 is 1.66. The number of hydrogen-bond acceptors (Lipinski definition) is 2. The van der Waals surface area contributed by atoms with E-state index in [1.807, 2.05) is 13.0 Å². The average molecular weight is 298 g/mol. The van der Waals surface area contributed by atoms with E-state index in [9.17, 15) is 4.79 Å². The second kappa shape index (κ2) is 5.86. The molecule has 1 aliphatic carbocycles. The summed E-state index contributed by atoms with van der Waals surface area (Å²) in [6, 6.07) is 10.8. The quantitative estimate of drug-likeness (QED) is 0.828. The number of carboxylic acid groups (broad SMARTS) is 1. The molecule has 0 amide bonds. The molecule has 0 spiro atoms. The highest BCUT2D eigenvalue weighted by Gasteiger charge is 2.11. The van der Waals surface area contributed by atoms with Crippen LogP contribution in [0.2, 0.25) is 0 Å². The summed E-state index contributed by atoms with van der Waals surface area (Å²) in [5.74, 6) is -0.892. The predicted molar refractivity (Wildman–Crippen MR) is 87.7 cm³/mol. The van der Waals surface area contributed by atoms with Gasteiger partial charge in [0.15, 0.2) is 0 Å². The Morgan fingerprint density at radius 3 is 2.67 bits per heavy atom. The van der Waals surface area contributed by atoms with Crippen molar-refractivity contribution in [2.75, 3.05) is 0 Å². The minimum atomic E-state index is -0.892. The molecule has 3 rings (SSSR count). The fourth-order valence-electron chi connectivity index (χ4n) is 2.85. The fourth-order valence-corrected chi connectivity index (χ4v) is 3.82. The van der Waals surface area contributed by atoms with E-state index >= 15 is 0 Å². The van der Waals surface area contributed by atoms with Crippen molar-refractivity contribution >= 4 is 22.9 Å². The molecule has 0 saturated heterocycles. The van der Waals surface area contributed by atoms with E-state index in [1.165, 1.54) is 53.3 Å². The molecule has 0 fully saturated rings. The van der Waals surface area contributed by atoms with Crippen molar-refractivity contribution < 1.29 is 9.90 Å². The Hall–Kier alpha value is -1.87. The first-order valence-corrected chi connectivity index (χ1v) is 8.09. The van der Waals surface area contributed by atoms with Crippen molar-refractivity contribution in [1.29, 1.82) is 0 Å². The van der Waals surface area contributed by atoms with Crippen LogP contribution in [0.25, 0.3) is 16.0 Å². The largest absolute Gasteiger partial charge is 0.478 e. The van der Waals surface area contributed by atoms with Gasteiger partial charge in [0.05, 0.1) is 0 Å². The van der Waals surface area contributed by atoms with Crippen LogP contribution in [-0.2, 0) is 17.6 Å². The molecule has 2 nitrogen and oxygen atoms in total. The van der Waals surface area contributed by atoms with Crippen molar-refractivity contribution in [3.63, 3.8) is 0 Å². The van der Waals surface area contributed by atoms with Gasteiger partial charge in [-0.1, -0.05) is 18.2 Å². The highest BCUT2D eigenvalue weighted by molar-refractivity contribution is 7.16. The molecular formula is C18H18O2S. The number of aliphatic carboxylic acids is 1. The Morgan fingerprint density at radius 1 is 1.14 bits per heavy atom. The average Bonchev–Trinajstić information content (AvgIpc) is 2.96. The summed E-state index contributed by atoms with van der Waals surface area (Å²) < 4.78 is 0. The van der Waals surface area contributed by atoms with E-state index in [4.69, 9.17) is 5.11 Å². The molecule has 21 heavy (non-hydrogen) atoms. The number of carbonyl (C=O) groups is 1. The third-order valence-corrected chi connectivity index (χ3v) is 5.24. The van der Waals surface area contributed by atoms with E-state index in [0.717, 1.165) is 10.5 Å². The van der Waals surface area contributed by atoms with Gasteiger partial charge < -0.3 is 5.11 Å². The molecule has 0 radical (unpaired) electrons. The lowest BCUT2D eigenvalue weighted by Gasteiger charge is -2.16. The van der Waals surface area contributed by atoms with Crippen LogP contribution >= 0.6 is 11.3 Å². The van der Waals surface area contributed by atoms with Gasteiger partial charge in [0.1, 0.15) is 0 Å². The first kappa shape index (κ1) is 14.1. The highest BCUT2D eigenvalue weighted by atomic mass is 32.1. The third kappa shape index (κ3) is 3.08. The number of carboxylic acids is 1. The lowest BCUT2D eigenvalue weighted by Crippen LogP contribution is -2.01. The maximum Gasteiger partial charge on any atom is 0.328 e. The van der Waals surface area contributed by atoms with Crippen molar-refractivity contribution in [3.05, 3.63) is 52.4 Å². The Bertz CT molecular complexity index is 710. The summed E-state index contributed by atoms with van der Waals surface area (Å²) in [7, 11) is 0. The maximum atomic E-state index is 10.7. The molecular weight excluding hydrogens is 280 g/mol. The first-order valence-electron chi connectivity index (χ1n) is 7.27. The van der Waals surface area contributed by atoms with Crippen molar-refractivity contribution in [2.45, 2.75) is 32.6 Å². The SMILES string of the molecule is C/C(=C\C(=O)O)c1ccc(-c2ccc3c(c2)CCCC3)s1. The molecule has 2 aromatic rings. The van der Waals surface area contributed by atoms with Gasteiger partial charge in [-0.15, -0.1) is 11.3 Å². The number of fused-ring (bicyclic) bond motifs is 1. The fraction of sp³-hybridized carbons (Fsp3) is 0.278. The molecule has 1 aliphatic rings. The van der Waals surface area contributed by atoms with Gasteiger partial charge in [0.25, 0.3) is 0 Å². The van der Waals surface area contributed by atoms with Crippen molar-refractivity contribution in [2.24, 2.45) is 0 Å². The maximum absolute atomic E-state index is 10.7. The number of benzene rings is 1. The topological polar surface area (TPSA) is 37.3 Å². The molecule has 108 valence electrons. The number of allylic oxidation sites excluding steroid dienone is 1. The van der Waals surface area contributed by atoms with Gasteiger partial charge in [-0.2, -0.15) is 0 Å². The zero-order chi connectivity index (χ0) is 14.8. The van der Waals surface area contributed by atoms with Crippen LogP contribution in [0.1, 0.15) is 35.8 Å². The summed E-state index contributed by atoms with van der Waals surface area (Å²) in [6.07, 6.45) is 6.23. The lowest BCUT2D eigenvalue weighted by atomic mass is 9.90. The predicted octanol–water partition coefficient (Wildman–Crippen LogP) is 4.78. The van der Waals surface area contributed by atoms with E-state index in [0.29, 0.717) is 0 Å². The molecule has 1 aromatic heterocycles. The van der Waals surface area contributed by atoms with Gasteiger partial charge in [-0.25, -0.2) is 4.79 Å². The summed E-state index contributed by atoms with van der Waals surface area (Å²) in [5.41, 5.74) is 5.02. The molecule has 1 N–H and O–H groups in total. The van der Waals surface area contributed by atoms with Crippen LogP contribution in [0.15, 0.2) is 36.4 Å². The third-order valence-electron chi connectivity index (χ3n) is 3.97. The molecule has 0 atom stereocenters. The lowest BCUT2D eigenvalue weighted by molar-refractivity contribution is -0.131. The van der Waals surface area contributed by atoms with Crippen molar-refractivity contribution in [1.82, 2.24) is 0 Å². The van der Waals surface area contributed by atoms with E-state index in [1.54, 1.807) is 11.3 Å². The van der Waals surface area contributed by atoms with Gasteiger partial charge in [0.2, 0.25) is 0 Å². The summed E-state index contributed by atoms with van der Waals surface area (Å²) in [5, 5.41) is 8.83. The number of aryl methyl sites for hydroxylation is 2. The first-order chi connectivity index (χ1) is 10.1. The Labute approximate surface area is 128 Å². The Balaban J connectivity index is 1.91. The Morgan fingerprint density at radius 2 is 1.90 bits per heavy atom.